The third-order valence-electron chi connectivity index (χ3n) is 7.12. The largest absolute Gasteiger partial charge is 0.212 e. The molecule has 178 valence electrons. The number of hydrogen-bond acceptors (Lipinski definition) is 0. The van der Waals surface area contributed by atoms with Crippen molar-refractivity contribution >= 4 is 21.8 Å². The van der Waals surface area contributed by atoms with Gasteiger partial charge in [0, 0.05) is 47.9 Å². The highest BCUT2D eigenvalue weighted by Crippen LogP contribution is 2.13. The van der Waals surface area contributed by atoms with Gasteiger partial charge in [0.1, 0.15) is 13.1 Å². The van der Waals surface area contributed by atoms with E-state index in [2.05, 4.69) is 94.3 Å². The standard InChI is InChI=1S/C32H42N2/c1(3-5-7-9-15-25-33-27-17-21-29-19-11-13-23-31(29)33)2-4-6-8-10-16-26-34-28-18-22-30-20-12-14-24-32(30)34/h11-14,17-24,27-28H,1-10,15-16,25-26H2/q+2. The van der Waals surface area contributed by atoms with Gasteiger partial charge < -0.3 is 0 Å². The van der Waals surface area contributed by atoms with Crippen LogP contribution in [0, 0.1) is 0 Å². The van der Waals surface area contributed by atoms with Crippen LogP contribution in [0.2, 0.25) is 0 Å². The van der Waals surface area contributed by atoms with Crippen LogP contribution in [0.5, 0.6) is 0 Å². The van der Waals surface area contributed by atoms with Gasteiger partial charge in [-0.1, -0.05) is 75.6 Å². The van der Waals surface area contributed by atoms with Crippen molar-refractivity contribution in [1.29, 1.82) is 0 Å². The summed E-state index contributed by atoms with van der Waals surface area (Å²) in [6, 6.07) is 26.2. The topological polar surface area (TPSA) is 7.76 Å². The van der Waals surface area contributed by atoms with E-state index in [0.29, 0.717) is 0 Å². The van der Waals surface area contributed by atoms with E-state index in [0.717, 1.165) is 13.1 Å². The smallest absolute Gasteiger partial charge is 0.198 e. The molecule has 0 bridgehead atoms. The van der Waals surface area contributed by atoms with Crippen LogP contribution in [0.3, 0.4) is 0 Å². The average molecular weight is 455 g/mol. The number of rotatable bonds is 15. The van der Waals surface area contributed by atoms with Crippen LogP contribution in [0.4, 0.5) is 0 Å². The van der Waals surface area contributed by atoms with Crippen molar-refractivity contribution in [3.8, 4) is 0 Å². The molecule has 0 atom stereocenters. The van der Waals surface area contributed by atoms with Gasteiger partial charge in [0.2, 0.25) is 11.0 Å². The first-order chi connectivity index (χ1) is 16.9. The Kier molecular flexibility index (Phi) is 9.93. The van der Waals surface area contributed by atoms with Crippen molar-refractivity contribution in [2.45, 2.75) is 90.1 Å². The molecule has 2 heterocycles. The summed E-state index contributed by atoms with van der Waals surface area (Å²) in [5, 5.41) is 2.68. The number of unbranched alkanes of at least 4 members (excludes halogenated alkanes) is 11. The Balaban J connectivity index is 0.971. The molecule has 0 N–H and O–H groups in total. The number of fused-ring (bicyclic) bond motifs is 2. The third kappa shape index (κ3) is 7.38. The predicted molar refractivity (Wildman–Crippen MR) is 144 cm³/mol. The second-order valence-electron chi connectivity index (χ2n) is 9.76. The molecule has 0 saturated heterocycles. The molecule has 0 spiro atoms. The lowest BCUT2D eigenvalue weighted by atomic mass is 10.0. The third-order valence-corrected chi connectivity index (χ3v) is 7.12. The van der Waals surface area contributed by atoms with Gasteiger partial charge in [-0.25, -0.2) is 0 Å². The second kappa shape index (κ2) is 13.8. The molecular weight excluding hydrogens is 412 g/mol. The minimum Gasteiger partial charge on any atom is -0.198 e. The Morgan fingerprint density at radius 1 is 0.353 bits per heavy atom. The summed E-state index contributed by atoms with van der Waals surface area (Å²) in [6.07, 6.45) is 21.0. The molecule has 0 saturated carbocycles. The van der Waals surface area contributed by atoms with E-state index >= 15 is 0 Å². The normalized spacial score (nSPS) is 11.4. The van der Waals surface area contributed by atoms with Crippen LogP contribution >= 0.6 is 0 Å². The van der Waals surface area contributed by atoms with E-state index in [1.807, 2.05) is 0 Å². The van der Waals surface area contributed by atoms with E-state index in [4.69, 9.17) is 0 Å². The zero-order valence-corrected chi connectivity index (χ0v) is 20.9. The summed E-state index contributed by atoms with van der Waals surface area (Å²) in [6.45, 7) is 2.28. The summed E-state index contributed by atoms with van der Waals surface area (Å²) in [5.74, 6) is 0. The summed E-state index contributed by atoms with van der Waals surface area (Å²) in [5.41, 5.74) is 2.72. The molecule has 2 heteroatoms. The lowest BCUT2D eigenvalue weighted by Crippen LogP contribution is -2.33. The fraction of sp³-hybridized carbons (Fsp3) is 0.438. The molecule has 2 aromatic heterocycles. The molecule has 0 aliphatic heterocycles. The van der Waals surface area contributed by atoms with Crippen molar-refractivity contribution in [1.82, 2.24) is 0 Å². The molecule has 0 aliphatic carbocycles. The van der Waals surface area contributed by atoms with Crippen LogP contribution in [0.15, 0.2) is 85.2 Å². The Morgan fingerprint density at radius 2 is 0.676 bits per heavy atom. The number of pyridine rings is 2. The average Bonchev–Trinajstić information content (AvgIpc) is 2.89. The quantitative estimate of drug-likeness (QED) is 0.127. The summed E-state index contributed by atoms with van der Waals surface area (Å²) in [4.78, 5) is 0. The fourth-order valence-corrected chi connectivity index (χ4v) is 5.16. The maximum atomic E-state index is 2.41. The molecule has 0 amide bonds. The molecular formula is C32H42N2+2. The maximum Gasteiger partial charge on any atom is 0.212 e. The summed E-state index contributed by atoms with van der Waals surface area (Å²) in [7, 11) is 0. The summed E-state index contributed by atoms with van der Waals surface area (Å²) >= 11 is 0. The van der Waals surface area contributed by atoms with Gasteiger partial charge in [-0.3, -0.25) is 0 Å². The number of aryl methyl sites for hydroxylation is 2. The number of hydrogen-bond donors (Lipinski definition) is 0. The first-order valence-corrected chi connectivity index (χ1v) is 13.7. The van der Waals surface area contributed by atoms with E-state index < -0.39 is 0 Å². The van der Waals surface area contributed by atoms with Crippen LogP contribution < -0.4 is 9.13 Å². The van der Waals surface area contributed by atoms with Crippen LogP contribution in [0.25, 0.3) is 21.8 Å². The van der Waals surface area contributed by atoms with Crippen LogP contribution in [0.1, 0.15) is 77.0 Å². The van der Waals surface area contributed by atoms with Crippen molar-refractivity contribution in [3.63, 3.8) is 0 Å². The van der Waals surface area contributed by atoms with Gasteiger partial charge in [-0.2, -0.15) is 9.13 Å². The van der Waals surface area contributed by atoms with Gasteiger partial charge in [0.05, 0.1) is 0 Å². The minimum atomic E-state index is 1.14. The highest BCUT2D eigenvalue weighted by atomic mass is 14.9. The number of para-hydroxylation sites is 2. The highest BCUT2D eigenvalue weighted by molar-refractivity contribution is 5.75. The van der Waals surface area contributed by atoms with E-state index in [9.17, 15) is 0 Å². The minimum absolute atomic E-state index is 1.14. The predicted octanol–water partition coefficient (Wildman–Crippen LogP) is 7.95. The van der Waals surface area contributed by atoms with Crippen molar-refractivity contribution in [2.75, 3.05) is 0 Å². The van der Waals surface area contributed by atoms with E-state index in [-0.39, 0.29) is 0 Å². The van der Waals surface area contributed by atoms with Crippen molar-refractivity contribution < 1.29 is 9.13 Å². The molecule has 4 rings (SSSR count). The van der Waals surface area contributed by atoms with Crippen LogP contribution in [-0.2, 0) is 13.1 Å². The van der Waals surface area contributed by atoms with E-state index in [1.165, 1.54) is 98.9 Å². The Hall–Kier alpha value is -2.74. The monoisotopic (exact) mass is 454 g/mol. The Labute approximate surface area is 206 Å². The van der Waals surface area contributed by atoms with Crippen molar-refractivity contribution in [3.05, 3.63) is 85.2 Å². The number of benzene rings is 2. The second-order valence-corrected chi connectivity index (χ2v) is 9.76. The Morgan fingerprint density at radius 3 is 1.09 bits per heavy atom. The lowest BCUT2D eigenvalue weighted by molar-refractivity contribution is -0.672. The number of nitrogens with zero attached hydrogens (tertiary/aromatic N) is 2. The Bertz CT molecular complexity index is 1030. The number of aromatic nitrogens is 2. The molecule has 0 aliphatic rings. The maximum absolute atomic E-state index is 2.41. The molecule has 0 unspecified atom stereocenters. The molecule has 0 radical (unpaired) electrons. The fourth-order valence-electron chi connectivity index (χ4n) is 5.16. The van der Waals surface area contributed by atoms with Gasteiger partial charge in [0.15, 0.2) is 12.4 Å². The van der Waals surface area contributed by atoms with Gasteiger partial charge in [-0.15, -0.1) is 0 Å². The first kappa shape index (κ1) is 24.4. The van der Waals surface area contributed by atoms with Crippen LogP contribution in [-0.4, -0.2) is 0 Å². The van der Waals surface area contributed by atoms with Gasteiger partial charge >= 0.3 is 0 Å². The zero-order valence-electron chi connectivity index (χ0n) is 20.9. The van der Waals surface area contributed by atoms with Gasteiger partial charge in [-0.05, 0) is 37.1 Å². The SMILES string of the molecule is c1ccc2c(c1)ccc[n+]2CCCCCCCCCCCCCC[n+]1cccc2ccccc21. The highest BCUT2D eigenvalue weighted by Gasteiger charge is 2.07. The molecule has 34 heavy (non-hydrogen) atoms. The molecule has 2 nitrogen and oxygen atoms in total. The lowest BCUT2D eigenvalue weighted by Gasteiger charge is -2.04. The summed E-state index contributed by atoms with van der Waals surface area (Å²) < 4.78 is 4.83. The molecule has 4 aromatic rings. The molecule has 2 aromatic carbocycles. The van der Waals surface area contributed by atoms with Crippen molar-refractivity contribution in [2.24, 2.45) is 0 Å². The van der Waals surface area contributed by atoms with Gasteiger partial charge in [0.25, 0.3) is 0 Å². The van der Waals surface area contributed by atoms with E-state index in [1.54, 1.807) is 0 Å². The molecule has 0 fully saturated rings. The first-order valence-electron chi connectivity index (χ1n) is 13.7. The zero-order chi connectivity index (χ0) is 23.3.